The lowest BCUT2D eigenvalue weighted by Gasteiger charge is -2.25. The molecule has 31 heavy (non-hydrogen) atoms. The van der Waals surface area contributed by atoms with Crippen LogP contribution in [0.1, 0.15) is 31.3 Å². The zero-order valence-electron chi connectivity index (χ0n) is 16.0. The fourth-order valence-electron chi connectivity index (χ4n) is 4.03. The van der Waals surface area contributed by atoms with Crippen molar-refractivity contribution in [2.24, 2.45) is 0 Å². The van der Waals surface area contributed by atoms with Crippen molar-refractivity contribution < 1.29 is 19.5 Å². The van der Waals surface area contributed by atoms with Crippen molar-refractivity contribution in [1.82, 2.24) is 4.57 Å². The number of halogens is 1. The predicted octanol–water partition coefficient (Wildman–Crippen LogP) is 4.83. The molecule has 2 aromatic heterocycles. The highest BCUT2D eigenvalue weighted by Gasteiger charge is 2.38. The lowest BCUT2D eigenvalue weighted by atomic mass is 10.1. The summed E-state index contributed by atoms with van der Waals surface area (Å²) in [4.78, 5) is 40.4. The number of fused-ring (bicyclic) bond motifs is 2. The van der Waals surface area contributed by atoms with Gasteiger partial charge in [-0.1, -0.05) is 41.9 Å². The minimum Gasteiger partial charge on any atom is -0.477 e. The number of aromatic carboxylic acids is 1. The molecule has 0 aliphatic carbocycles. The molecule has 0 bridgehead atoms. The summed E-state index contributed by atoms with van der Waals surface area (Å²) in [5.41, 5.74) is 1.83. The van der Waals surface area contributed by atoms with E-state index in [0.29, 0.717) is 26.4 Å². The van der Waals surface area contributed by atoms with Crippen LogP contribution >= 0.6 is 22.9 Å². The standard InChI is InChI=1S/C23H15ClN2O4S/c24-14-6-7-17-16(10-14)20(26-19(27)11-18-15(22(26)28)8-9-31-18)21(23(29)30)25(17)12-13-4-2-1-3-5-13/h1-10H,11-12H2,(H,29,30). The third-order valence-corrected chi connectivity index (χ3v) is 6.50. The molecule has 4 aromatic rings. The van der Waals surface area contributed by atoms with Crippen LogP contribution in [0, 0.1) is 0 Å². The Labute approximate surface area is 185 Å². The minimum absolute atomic E-state index is 0.0454. The number of aromatic nitrogens is 1. The summed E-state index contributed by atoms with van der Waals surface area (Å²) < 4.78 is 1.61. The summed E-state index contributed by atoms with van der Waals surface area (Å²) in [6.07, 6.45) is 0.0454. The third kappa shape index (κ3) is 3.13. The first kappa shape index (κ1) is 19.5. The van der Waals surface area contributed by atoms with Crippen molar-refractivity contribution in [3.63, 3.8) is 0 Å². The van der Waals surface area contributed by atoms with Gasteiger partial charge in [0.1, 0.15) is 0 Å². The third-order valence-electron chi connectivity index (χ3n) is 5.35. The van der Waals surface area contributed by atoms with Crippen molar-refractivity contribution >= 4 is 57.3 Å². The molecule has 6 nitrogen and oxygen atoms in total. The van der Waals surface area contributed by atoms with Crippen LogP contribution in [-0.2, 0) is 17.8 Å². The normalized spacial score (nSPS) is 13.6. The van der Waals surface area contributed by atoms with Crippen molar-refractivity contribution in [3.05, 3.63) is 86.7 Å². The zero-order valence-corrected chi connectivity index (χ0v) is 17.6. The Morgan fingerprint density at radius 3 is 2.61 bits per heavy atom. The highest BCUT2D eigenvalue weighted by molar-refractivity contribution is 7.10. The molecule has 1 aliphatic heterocycles. The number of thiophene rings is 1. The monoisotopic (exact) mass is 450 g/mol. The molecule has 0 fully saturated rings. The molecule has 5 rings (SSSR count). The number of carboxylic acids is 1. The van der Waals surface area contributed by atoms with Crippen molar-refractivity contribution in [3.8, 4) is 0 Å². The van der Waals surface area contributed by atoms with Gasteiger partial charge < -0.3 is 9.67 Å². The van der Waals surface area contributed by atoms with Gasteiger partial charge >= 0.3 is 5.97 Å². The maximum absolute atomic E-state index is 13.2. The van der Waals surface area contributed by atoms with Gasteiger partial charge in [-0.05, 0) is 35.2 Å². The highest BCUT2D eigenvalue weighted by Crippen LogP contribution is 2.39. The summed E-state index contributed by atoms with van der Waals surface area (Å²) in [5.74, 6) is -2.20. The molecule has 0 spiro atoms. The van der Waals surface area contributed by atoms with E-state index in [-0.39, 0.29) is 24.3 Å². The fourth-order valence-corrected chi connectivity index (χ4v) is 5.06. The van der Waals surface area contributed by atoms with Crippen molar-refractivity contribution in [2.75, 3.05) is 4.90 Å². The quantitative estimate of drug-likeness (QED) is 0.451. The Hall–Kier alpha value is -3.42. The van der Waals surface area contributed by atoms with Crippen molar-refractivity contribution in [2.45, 2.75) is 13.0 Å². The van der Waals surface area contributed by atoms with Crippen LogP contribution in [0.25, 0.3) is 10.9 Å². The number of imide groups is 1. The van der Waals surface area contributed by atoms with Gasteiger partial charge in [0.15, 0.2) is 5.69 Å². The first-order chi connectivity index (χ1) is 15.0. The van der Waals surface area contributed by atoms with Gasteiger partial charge in [0, 0.05) is 21.8 Å². The van der Waals surface area contributed by atoms with Crippen molar-refractivity contribution in [1.29, 1.82) is 0 Å². The average molecular weight is 451 g/mol. The summed E-state index contributed by atoms with van der Waals surface area (Å²) in [7, 11) is 0. The van der Waals surface area contributed by atoms with Crippen LogP contribution in [0.3, 0.4) is 0 Å². The Morgan fingerprint density at radius 1 is 1.10 bits per heavy atom. The van der Waals surface area contributed by atoms with E-state index in [0.717, 1.165) is 10.5 Å². The second-order valence-corrected chi connectivity index (χ2v) is 8.64. The Balaban J connectivity index is 1.79. The molecule has 3 heterocycles. The van der Waals surface area contributed by atoms with E-state index in [1.165, 1.54) is 11.3 Å². The van der Waals surface area contributed by atoms with E-state index >= 15 is 0 Å². The number of hydrogen-bond acceptors (Lipinski definition) is 4. The molecule has 2 aromatic carbocycles. The smallest absolute Gasteiger partial charge is 0.354 e. The number of amides is 2. The molecular formula is C23H15ClN2O4S. The van der Waals surface area contributed by atoms with Crippen LogP contribution in [0.15, 0.2) is 60.0 Å². The SMILES string of the molecule is O=C(O)c1c(N2C(=O)Cc3sccc3C2=O)c2cc(Cl)ccc2n1Cc1ccccc1. The Morgan fingerprint density at radius 2 is 1.87 bits per heavy atom. The van der Waals surface area contributed by atoms with E-state index in [1.807, 2.05) is 30.3 Å². The van der Waals surface area contributed by atoms with E-state index in [1.54, 1.807) is 34.2 Å². The molecular weight excluding hydrogens is 436 g/mol. The second-order valence-electron chi connectivity index (χ2n) is 7.20. The van der Waals surface area contributed by atoms with Crippen LogP contribution < -0.4 is 4.90 Å². The predicted molar refractivity (Wildman–Crippen MR) is 119 cm³/mol. The number of nitrogens with zero attached hydrogens (tertiary/aromatic N) is 2. The summed E-state index contributed by atoms with van der Waals surface area (Å²) in [5, 5.41) is 12.7. The lowest BCUT2D eigenvalue weighted by Crippen LogP contribution is -2.42. The molecule has 0 atom stereocenters. The molecule has 0 unspecified atom stereocenters. The molecule has 0 saturated heterocycles. The summed E-state index contributed by atoms with van der Waals surface area (Å²) >= 11 is 7.57. The van der Waals surface area contributed by atoms with Gasteiger partial charge in [-0.15, -0.1) is 11.3 Å². The Kier molecular flexibility index (Phi) is 4.64. The van der Waals surface area contributed by atoms with Crippen LogP contribution in [0.2, 0.25) is 5.02 Å². The fraction of sp³-hybridized carbons (Fsp3) is 0.0870. The second kappa shape index (κ2) is 7.37. The average Bonchev–Trinajstić information content (AvgIpc) is 3.32. The number of carboxylic acid groups (broad SMARTS) is 1. The number of hydrogen-bond donors (Lipinski definition) is 1. The molecule has 1 N–H and O–H groups in total. The molecule has 0 radical (unpaired) electrons. The molecule has 0 saturated carbocycles. The topological polar surface area (TPSA) is 79.6 Å². The number of rotatable bonds is 4. The van der Waals surface area contributed by atoms with E-state index < -0.39 is 17.8 Å². The molecule has 2 amide bonds. The van der Waals surface area contributed by atoms with Crippen LogP contribution in [-0.4, -0.2) is 27.5 Å². The van der Waals surface area contributed by atoms with Gasteiger partial charge in [-0.25, -0.2) is 9.69 Å². The highest BCUT2D eigenvalue weighted by atomic mass is 35.5. The summed E-state index contributed by atoms with van der Waals surface area (Å²) in [6, 6.07) is 16.0. The van der Waals surface area contributed by atoms with Crippen LogP contribution in [0.4, 0.5) is 5.69 Å². The maximum atomic E-state index is 13.2. The minimum atomic E-state index is -1.23. The summed E-state index contributed by atoms with van der Waals surface area (Å²) in [6.45, 7) is 0.264. The number of carbonyl (C=O) groups is 3. The van der Waals surface area contributed by atoms with Gasteiger partial charge in [0.25, 0.3) is 5.91 Å². The van der Waals surface area contributed by atoms with Crippen LogP contribution in [0.5, 0.6) is 0 Å². The number of anilines is 1. The van der Waals surface area contributed by atoms with E-state index in [2.05, 4.69) is 0 Å². The molecule has 154 valence electrons. The first-order valence-electron chi connectivity index (χ1n) is 9.48. The zero-order chi connectivity index (χ0) is 21.7. The molecule has 8 heteroatoms. The number of benzene rings is 2. The first-order valence-corrected chi connectivity index (χ1v) is 10.7. The maximum Gasteiger partial charge on any atom is 0.354 e. The number of carbonyl (C=O) groups excluding carboxylic acids is 2. The van der Waals surface area contributed by atoms with Gasteiger partial charge in [0.2, 0.25) is 5.91 Å². The van der Waals surface area contributed by atoms with E-state index in [9.17, 15) is 19.5 Å². The van der Waals surface area contributed by atoms with E-state index in [4.69, 9.17) is 11.6 Å². The van der Waals surface area contributed by atoms with Gasteiger partial charge in [-0.3, -0.25) is 9.59 Å². The lowest BCUT2D eigenvalue weighted by molar-refractivity contribution is -0.117. The van der Waals surface area contributed by atoms with Gasteiger partial charge in [0.05, 0.1) is 23.2 Å². The molecule has 1 aliphatic rings. The van der Waals surface area contributed by atoms with Gasteiger partial charge in [-0.2, -0.15) is 0 Å². The Bertz CT molecular complexity index is 1370. The largest absolute Gasteiger partial charge is 0.477 e.